The zero-order chi connectivity index (χ0) is 40.9. The van der Waals surface area contributed by atoms with Gasteiger partial charge in [0, 0.05) is 55.1 Å². The van der Waals surface area contributed by atoms with E-state index in [4.69, 9.17) is 0 Å². The van der Waals surface area contributed by atoms with Crippen LogP contribution in [0.2, 0.25) is 0 Å². The predicted octanol–water partition coefficient (Wildman–Crippen LogP) is 15.4. The normalized spacial score (nSPS) is 38.3. The van der Waals surface area contributed by atoms with E-state index in [1.165, 1.54) is 162 Å². The van der Waals surface area contributed by atoms with Gasteiger partial charge in [-0.1, -0.05) is 118 Å². The summed E-state index contributed by atoms with van der Waals surface area (Å²) >= 11 is 4.30. The predicted molar refractivity (Wildman–Crippen MR) is 250 cm³/mol. The third-order valence-corrected chi connectivity index (χ3v) is 21.3. The molecule has 11 rings (SSSR count). The van der Waals surface area contributed by atoms with Crippen molar-refractivity contribution in [3.8, 4) is 11.5 Å². The molecule has 2 aromatic carbocycles. The fourth-order valence-electron chi connectivity index (χ4n) is 15.8. The van der Waals surface area contributed by atoms with Crippen LogP contribution < -0.4 is 0 Å². The lowest BCUT2D eigenvalue weighted by molar-refractivity contribution is -0.0746. The van der Waals surface area contributed by atoms with Gasteiger partial charge in [0.1, 0.15) is 11.5 Å². The largest absolute Gasteiger partial charge is 0.507 e. The Morgan fingerprint density at radius 2 is 0.897 bits per heavy atom. The Labute approximate surface area is 363 Å². The summed E-state index contributed by atoms with van der Waals surface area (Å²) in [5, 5.41) is 26.0. The zero-order valence-corrected chi connectivity index (χ0v) is 39.7. The van der Waals surface area contributed by atoms with E-state index < -0.39 is 0 Å². The topological polar surface area (TPSA) is 40.5 Å². The molecule has 6 atom stereocenters. The molecule has 0 spiro atoms. The molecule has 0 radical (unpaired) electrons. The van der Waals surface area contributed by atoms with Crippen LogP contribution in [0.4, 0.5) is 0 Å². The highest BCUT2D eigenvalue weighted by Gasteiger charge is 2.59. The Bertz CT molecular complexity index is 1680. The van der Waals surface area contributed by atoms with Gasteiger partial charge in [0.25, 0.3) is 0 Å². The van der Waals surface area contributed by atoms with Gasteiger partial charge in [-0.3, -0.25) is 0 Å². The molecule has 9 fully saturated rings. The Morgan fingerprint density at radius 1 is 0.534 bits per heavy atom. The standard InChI is InChI=1S/C54H80O2S2/c1-9-51-23-35-17-36(24-51)28-53(27-35,33-51)43-21-41(49(3,4)5)19-39(47(43)55)31-57-45-15-13-11-12-14-16-46(45)58-32-40-20-42(50(6,7)8)22-44(48(40)56)54-29-37-18-38(30-54)26-52(10-2,25-37)34-54/h19-22,35-38,45-46,55-56H,9-18,23-34H2,1-8H3/t35?,36?,37?,38?,45-,46-,51?,52?,53?,54?/m0/s1. The summed E-state index contributed by atoms with van der Waals surface area (Å²) in [6.07, 6.45) is 26.6. The van der Waals surface area contributed by atoms with E-state index >= 15 is 0 Å². The fraction of sp³-hybridized carbons (Fsp3) is 0.778. The summed E-state index contributed by atoms with van der Waals surface area (Å²) in [5.74, 6) is 6.43. The number of benzene rings is 2. The van der Waals surface area contributed by atoms with E-state index in [1.54, 1.807) is 0 Å². The van der Waals surface area contributed by atoms with Crippen molar-refractivity contribution in [2.45, 2.75) is 227 Å². The van der Waals surface area contributed by atoms with Crippen LogP contribution >= 0.6 is 23.5 Å². The highest BCUT2D eigenvalue weighted by molar-refractivity contribution is 8.03. The molecule has 8 bridgehead atoms. The average Bonchev–Trinajstić information content (AvgIpc) is 3.13. The molecule has 0 saturated heterocycles. The van der Waals surface area contributed by atoms with Crippen molar-refractivity contribution in [3.63, 3.8) is 0 Å². The maximum absolute atomic E-state index is 12.5. The Morgan fingerprint density at radius 3 is 1.22 bits per heavy atom. The Balaban J connectivity index is 0.990. The van der Waals surface area contributed by atoms with E-state index in [1.807, 2.05) is 0 Å². The lowest BCUT2D eigenvalue weighted by Gasteiger charge is -2.62. The molecule has 0 heterocycles. The van der Waals surface area contributed by atoms with Crippen LogP contribution in [0.15, 0.2) is 24.3 Å². The quantitative estimate of drug-likeness (QED) is 0.250. The van der Waals surface area contributed by atoms with Crippen LogP contribution in [0.5, 0.6) is 11.5 Å². The molecular formula is C54H80O2S2. The molecule has 0 amide bonds. The first-order valence-corrected chi connectivity index (χ1v) is 26.5. The summed E-state index contributed by atoms with van der Waals surface area (Å²) in [7, 11) is 0. The van der Waals surface area contributed by atoms with Gasteiger partial charge < -0.3 is 10.2 Å². The van der Waals surface area contributed by atoms with Crippen LogP contribution in [-0.4, -0.2) is 20.7 Å². The summed E-state index contributed by atoms with van der Waals surface area (Å²) in [5.41, 5.74) is 9.21. The van der Waals surface area contributed by atoms with Crippen LogP contribution in [0.3, 0.4) is 0 Å². The van der Waals surface area contributed by atoms with Gasteiger partial charge in [-0.25, -0.2) is 0 Å². The second-order valence-electron chi connectivity index (χ2n) is 24.4. The van der Waals surface area contributed by atoms with Crippen molar-refractivity contribution < 1.29 is 10.2 Å². The Kier molecular flexibility index (Phi) is 11.0. The molecule has 2 N–H and O–H groups in total. The number of aromatic hydroxyl groups is 2. The molecule has 2 aromatic rings. The van der Waals surface area contributed by atoms with Crippen LogP contribution in [0, 0.1) is 34.5 Å². The highest BCUT2D eigenvalue weighted by Crippen LogP contribution is 2.69. The van der Waals surface area contributed by atoms with Crippen molar-refractivity contribution in [2.75, 3.05) is 0 Å². The van der Waals surface area contributed by atoms with Gasteiger partial charge in [0.05, 0.1) is 0 Å². The fourth-order valence-corrected chi connectivity index (χ4v) is 18.9. The first kappa shape index (κ1) is 42.1. The molecule has 9 aliphatic carbocycles. The third-order valence-electron chi connectivity index (χ3n) is 18.2. The van der Waals surface area contributed by atoms with Gasteiger partial charge in [-0.15, -0.1) is 0 Å². The van der Waals surface area contributed by atoms with Gasteiger partial charge >= 0.3 is 0 Å². The smallest absolute Gasteiger partial charge is 0.123 e. The van der Waals surface area contributed by atoms with Gasteiger partial charge in [-0.05, 0) is 146 Å². The first-order valence-electron chi connectivity index (χ1n) is 24.4. The molecule has 4 unspecified atom stereocenters. The SMILES string of the molecule is CCC12CC3CC(C1)CC(c1cc(C(C)(C)C)cc(CS[C@H]4CCCCCC[C@@H]4SCc4cc(C(C)(C)C)cc(C56CC7CC(CC(CC)(C7)C5)C6)c4O)c1O)(C3)C2. The van der Waals surface area contributed by atoms with E-state index in [9.17, 15) is 10.2 Å². The van der Waals surface area contributed by atoms with Gasteiger partial charge in [0.2, 0.25) is 0 Å². The number of phenolic OH excluding ortho intramolecular Hbond substituents is 2. The van der Waals surface area contributed by atoms with Crippen LogP contribution in [0.25, 0.3) is 0 Å². The van der Waals surface area contributed by atoms with E-state index in [0.29, 0.717) is 32.8 Å². The number of thioether (sulfide) groups is 2. The van der Waals surface area contributed by atoms with Gasteiger partial charge in [-0.2, -0.15) is 23.5 Å². The van der Waals surface area contributed by atoms with Gasteiger partial charge in [0.15, 0.2) is 0 Å². The van der Waals surface area contributed by atoms with E-state index in [-0.39, 0.29) is 21.7 Å². The minimum atomic E-state index is 0.0426. The second-order valence-corrected chi connectivity index (χ2v) is 26.9. The van der Waals surface area contributed by atoms with E-state index in [0.717, 1.165) is 35.2 Å². The summed E-state index contributed by atoms with van der Waals surface area (Å²) in [6, 6.07) is 9.76. The summed E-state index contributed by atoms with van der Waals surface area (Å²) in [4.78, 5) is 0. The second kappa shape index (κ2) is 15.2. The lowest BCUT2D eigenvalue weighted by atomic mass is 9.42. The molecule has 320 valence electrons. The number of rotatable bonds is 10. The van der Waals surface area contributed by atoms with Crippen molar-refractivity contribution in [3.05, 3.63) is 57.6 Å². The van der Waals surface area contributed by atoms with Crippen LogP contribution in [0.1, 0.15) is 217 Å². The minimum absolute atomic E-state index is 0.0426. The highest BCUT2D eigenvalue weighted by atomic mass is 32.2. The lowest BCUT2D eigenvalue weighted by Crippen LogP contribution is -2.53. The van der Waals surface area contributed by atoms with Crippen molar-refractivity contribution >= 4 is 23.5 Å². The van der Waals surface area contributed by atoms with Crippen molar-refractivity contribution in [1.29, 1.82) is 0 Å². The molecule has 9 aliphatic rings. The molecule has 9 saturated carbocycles. The summed E-state index contributed by atoms with van der Waals surface area (Å²) in [6.45, 7) is 19.1. The van der Waals surface area contributed by atoms with Crippen molar-refractivity contribution in [1.82, 2.24) is 0 Å². The molecule has 2 nitrogen and oxygen atoms in total. The van der Waals surface area contributed by atoms with Crippen molar-refractivity contribution in [2.24, 2.45) is 34.5 Å². The summed E-state index contributed by atoms with van der Waals surface area (Å²) < 4.78 is 0. The Hall–Kier alpha value is -1.26. The maximum atomic E-state index is 12.5. The number of phenols is 2. The molecule has 4 heteroatoms. The maximum Gasteiger partial charge on any atom is 0.123 e. The molecule has 58 heavy (non-hydrogen) atoms. The first-order chi connectivity index (χ1) is 27.5. The average molecular weight is 825 g/mol. The minimum Gasteiger partial charge on any atom is -0.507 e. The van der Waals surface area contributed by atoms with E-state index in [2.05, 4.69) is 103 Å². The zero-order valence-electron chi connectivity index (χ0n) is 38.0. The molecular weight excluding hydrogens is 745 g/mol. The molecule has 0 aliphatic heterocycles. The van der Waals surface area contributed by atoms with Crippen LogP contribution in [-0.2, 0) is 33.2 Å². The third kappa shape index (κ3) is 7.65. The number of hydrogen-bond acceptors (Lipinski definition) is 4. The molecule has 0 aromatic heterocycles. The monoisotopic (exact) mass is 825 g/mol. The number of hydrogen-bond donors (Lipinski definition) is 2.